The van der Waals surface area contributed by atoms with Crippen molar-refractivity contribution in [1.82, 2.24) is 14.6 Å². The lowest BCUT2D eigenvalue weighted by Gasteiger charge is -2.31. The quantitative estimate of drug-likeness (QED) is 0.113. The standard InChI is InChI=1S/C38H42N4O6S2/c1-26(2)23-42(50(46,47)31-20-21-33-34(22-31)49-25-39-33)30(24-43)19-18-27-12-10-11-17-32(27)40-37(44)36(41-38(45)48-3)35(28-13-6-4-7-14-28)29-15-8-5-9-16-29/h4-17,20-22,25-26,30,35-36,43H,18-19,23-24H2,1-3H3,(H,40,44)(H,41,45)/t30-,36-/m0/s1/i18D2,19D2. The summed E-state index contributed by atoms with van der Waals surface area (Å²) in [6.45, 7) is 2.17. The first-order valence-corrected chi connectivity index (χ1v) is 18.3. The molecule has 0 bridgehead atoms. The number of hydrogen-bond acceptors (Lipinski definition) is 8. The number of carbonyl (C=O) groups is 2. The highest BCUT2D eigenvalue weighted by atomic mass is 32.2. The maximum absolute atomic E-state index is 14.3. The number of thiazole rings is 1. The van der Waals surface area contributed by atoms with Gasteiger partial charge in [-0.05, 0) is 59.6 Å². The zero-order valence-corrected chi connectivity index (χ0v) is 29.4. The molecule has 0 saturated heterocycles. The number of fused-ring (bicyclic) bond motifs is 1. The molecule has 0 radical (unpaired) electrons. The van der Waals surface area contributed by atoms with E-state index in [4.69, 9.17) is 4.74 Å². The molecule has 2 amide bonds. The molecule has 0 aliphatic carbocycles. The van der Waals surface area contributed by atoms with Crippen molar-refractivity contribution >= 4 is 49.3 Å². The van der Waals surface area contributed by atoms with Gasteiger partial charge in [-0.2, -0.15) is 4.31 Å². The van der Waals surface area contributed by atoms with E-state index >= 15 is 0 Å². The molecule has 0 saturated carbocycles. The first-order valence-electron chi connectivity index (χ1n) is 17.9. The SMILES string of the molecule is [2H]C([2H])(c1ccccc1NC(=O)[C@@H](NC(=O)OC)C(c1ccccc1)c1ccccc1)C([2H])([2H])[C@@H](CO)N(CC(C)C)S(=O)(=O)c1ccc2ncsc2c1. The molecule has 0 unspecified atom stereocenters. The molecule has 2 atom stereocenters. The highest BCUT2D eigenvalue weighted by Gasteiger charge is 2.34. The van der Waals surface area contributed by atoms with E-state index in [2.05, 4.69) is 15.6 Å². The summed E-state index contributed by atoms with van der Waals surface area (Å²) in [7, 11) is -3.33. The molecule has 3 N–H and O–H groups in total. The Bertz CT molecular complexity index is 2130. The van der Waals surface area contributed by atoms with E-state index in [1.807, 2.05) is 12.1 Å². The molecule has 50 heavy (non-hydrogen) atoms. The molecule has 5 aromatic rings. The Morgan fingerprint density at radius 1 is 0.960 bits per heavy atom. The maximum Gasteiger partial charge on any atom is 0.407 e. The van der Waals surface area contributed by atoms with Crippen LogP contribution in [0, 0.1) is 5.92 Å². The number of para-hydroxylation sites is 1. The fourth-order valence-electron chi connectivity index (χ4n) is 5.55. The van der Waals surface area contributed by atoms with Crippen LogP contribution in [-0.2, 0) is 25.9 Å². The first-order chi connectivity index (χ1) is 25.6. The fraction of sp³-hybridized carbons (Fsp3) is 0.289. The number of amides is 2. The van der Waals surface area contributed by atoms with Gasteiger partial charge < -0.3 is 20.5 Å². The van der Waals surface area contributed by atoms with E-state index in [0.29, 0.717) is 21.3 Å². The van der Waals surface area contributed by atoms with Crippen LogP contribution in [0.3, 0.4) is 0 Å². The van der Waals surface area contributed by atoms with Gasteiger partial charge in [-0.1, -0.05) is 92.7 Å². The van der Waals surface area contributed by atoms with Crippen molar-refractivity contribution in [2.75, 3.05) is 25.6 Å². The number of nitrogens with one attached hydrogen (secondary N) is 2. The van der Waals surface area contributed by atoms with Gasteiger partial charge in [-0.15, -0.1) is 11.3 Å². The first kappa shape index (κ1) is 31.4. The second-order valence-corrected chi connectivity index (χ2v) is 14.6. The number of aryl methyl sites for hydroxylation is 1. The number of alkyl carbamates (subject to hydrolysis) is 1. The molecule has 5 rings (SSSR count). The van der Waals surface area contributed by atoms with Gasteiger partial charge in [0.2, 0.25) is 15.9 Å². The van der Waals surface area contributed by atoms with Crippen LogP contribution in [0.2, 0.25) is 0 Å². The Balaban J connectivity index is 1.55. The predicted octanol–water partition coefficient (Wildman–Crippen LogP) is 6.43. The van der Waals surface area contributed by atoms with Crippen molar-refractivity contribution < 1.29 is 33.3 Å². The number of aliphatic hydroxyl groups is 1. The second kappa shape index (κ2) is 16.9. The highest BCUT2D eigenvalue weighted by Crippen LogP contribution is 2.31. The molecule has 0 aliphatic heterocycles. The zero-order valence-electron chi connectivity index (χ0n) is 31.8. The van der Waals surface area contributed by atoms with Crippen LogP contribution in [0.5, 0.6) is 0 Å². The van der Waals surface area contributed by atoms with Crippen LogP contribution in [0.1, 0.15) is 48.3 Å². The zero-order chi connectivity index (χ0) is 39.3. The van der Waals surface area contributed by atoms with E-state index in [9.17, 15) is 28.6 Å². The Kier molecular flexibility index (Phi) is 10.6. The summed E-state index contributed by atoms with van der Waals surface area (Å²) in [6, 6.07) is 24.8. The number of anilines is 1. The maximum atomic E-state index is 14.3. The molecule has 262 valence electrons. The number of methoxy groups -OCH3 is 1. The summed E-state index contributed by atoms with van der Waals surface area (Å²) >= 11 is 1.23. The van der Waals surface area contributed by atoms with Gasteiger partial charge in [0.25, 0.3) is 0 Å². The molecule has 0 aliphatic rings. The van der Waals surface area contributed by atoms with Crippen LogP contribution in [0.15, 0.2) is 114 Å². The Morgan fingerprint density at radius 3 is 2.22 bits per heavy atom. The lowest BCUT2D eigenvalue weighted by Crippen LogP contribution is -2.48. The second-order valence-electron chi connectivity index (χ2n) is 11.9. The van der Waals surface area contributed by atoms with E-state index in [0.717, 1.165) is 11.4 Å². The third kappa shape index (κ3) is 8.75. The van der Waals surface area contributed by atoms with Gasteiger partial charge in [-0.3, -0.25) is 4.79 Å². The Hall–Kier alpha value is -4.62. The predicted molar refractivity (Wildman–Crippen MR) is 197 cm³/mol. The average Bonchev–Trinajstić information content (AvgIpc) is 3.63. The molecule has 12 heteroatoms. The van der Waals surface area contributed by atoms with Gasteiger partial charge in [-0.25, -0.2) is 18.2 Å². The average molecular weight is 719 g/mol. The summed E-state index contributed by atoms with van der Waals surface area (Å²) in [5.41, 5.74) is 3.09. The lowest BCUT2D eigenvalue weighted by molar-refractivity contribution is -0.118. The van der Waals surface area contributed by atoms with Crippen LogP contribution < -0.4 is 10.6 Å². The van der Waals surface area contributed by atoms with Gasteiger partial charge in [0.05, 0.1) is 34.3 Å². The number of ether oxygens (including phenoxy) is 1. The summed E-state index contributed by atoms with van der Waals surface area (Å²) < 4.78 is 71.8. The van der Waals surface area contributed by atoms with Gasteiger partial charge in [0.1, 0.15) is 6.04 Å². The number of rotatable bonds is 15. The van der Waals surface area contributed by atoms with Crippen molar-refractivity contribution in [3.63, 3.8) is 0 Å². The van der Waals surface area contributed by atoms with E-state index in [1.54, 1.807) is 67.9 Å². The number of hydrogen-bond donors (Lipinski definition) is 3. The Labute approximate surface area is 302 Å². The topological polar surface area (TPSA) is 138 Å². The number of sulfonamides is 1. The smallest absolute Gasteiger partial charge is 0.407 e. The fourth-order valence-corrected chi connectivity index (χ4v) is 8.07. The minimum atomic E-state index is -4.50. The molecule has 1 aromatic heterocycles. The third-order valence-corrected chi connectivity index (χ3v) is 10.6. The molecular formula is C38H42N4O6S2. The number of benzene rings is 4. The van der Waals surface area contributed by atoms with Gasteiger partial charge in [0.15, 0.2) is 0 Å². The van der Waals surface area contributed by atoms with Crippen LogP contribution in [0.4, 0.5) is 10.5 Å². The minimum absolute atomic E-state index is 0.126. The number of aliphatic hydroxyl groups excluding tert-OH is 1. The normalized spacial score (nSPS) is 14.8. The van der Waals surface area contributed by atoms with Crippen LogP contribution in [0.25, 0.3) is 10.2 Å². The highest BCUT2D eigenvalue weighted by molar-refractivity contribution is 7.89. The summed E-state index contributed by atoms with van der Waals surface area (Å²) in [4.78, 5) is 31.1. The van der Waals surface area contributed by atoms with Crippen molar-refractivity contribution in [3.8, 4) is 0 Å². The Morgan fingerprint density at radius 2 is 1.60 bits per heavy atom. The van der Waals surface area contributed by atoms with Gasteiger partial charge in [0, 0.05) is 29.7 Å². The number of carbonyl (C=O) groups excluding carboxylic acids is 2. The molecule has 10 nitrogen and oxygen atoms in total. The minimum Gasteiger partial charge on any atom is -0.453 e. The van der Waals surface area contributed by atoms with E-state index in [1.165, 1.54) is 53.8 Å². The van der Waals surface area contributed by atoms with Crippen molar-refractivity contribution in [1.29, 1.82) is 0 Å². The van der Waals surface area contributed by atoms with Crippen LogP contribution in [-0.4, -0.2) is 67.2 Å². The molecule has 0 fully saturated rings. The van der Waals surface area contributed by atoms with Gasteiger partial charge >= 0.3 is 6.09 Å². The van der Waals surface area contributed by atoms with Crippen molar-refractivity contribution in [2.24, 2.45) is 5.92 Å². The largest absolute Gasteiger partial charge is 0.453 e. The van der Waals surface area contributed by atoms with Crippen molar-refractivity contribution in [3.05, 3.63) is 125 Å². The summed E-state index contributed by atoms with van der Waals surface area (Å²) in [5.74, 6) is -1.83. The summed E-state index contributed by atoms with van der Waals surface area (Å²) in [5, 5.41) is 16.1. The number of nitrogens with zero attached hydrogens (tertiary/aromatic N) is 2. The summed E-state index contributed by atoms with van der Waals surface area (Å²) in [6.07, 6.45) is -6.99. The number of aromatic nitrogens is 1. The molecule has 4 aromatic carbocycles. The molecule has 0 spiro atoms. The van der Waals surface area contributed by atoms with Crippen molar-refractivity contribution in [2.45, 2.75) is 49.5 Å². The third-order valence-electron chi connectivity index (χ3n) is 7.93. The molecule has 1 heterocycles. The monoisotopic (exact) mass is 718 g/mol. The van der Waals surface area contributed by atoms with E-state index in [-0.39, 0.29) is 28.6 Å². The van der Waals surface area contributed by atoms with E-state index < -0.39 is 59.4 Å². The van der Waals surface area contributed by atoms with Crippen LogP contribution >= 0.6 is 11.3 Å². The lowest BCUT2D eigenvalue weighted by atomic mass is 9.84. The molecular weight excluding hydrogens is 673 g/mol.